The van der Waals surface area contributed by atoms with Crippen LogP contribution in [0.15, 0.2) is 22.7 Å². The molecule has 0 bridgehead atoms. The van der Waals surface area contributed by atoms with E-state index < -0.39 is 4.92 Å². The van der Waals surface area contributed by atoms with E-state index in [1.807, 2.05) is 0 Å². The second-order valence-corrected chi connectivity index (χ2v) is 6.68. The lowest BCUT2D eigenvalue weighted by atomic mass is 10.0. The SMILES string of the molecule is CN1CC2CC(Oc3ccc([N+](=O)[O-])cc3Br)CC2C1. The van der Waals surface area contributed by atoms with Gasteiger partial charge in [-0.15, -0.1) is 0 Å². The van der Waals surface area contributed by atoms with E-state index in [0.29, 0.717) is 10.2 Å². The van der Waals surface area contributed by atoms with Crippen LogP contribution in [0, 0.1) is 22.0 Å². The van der Waals surface area contributed by atoms with Gasteiger partial charge in [0.1, 0.15) is 5.75 Å². The van der Waals surface area contributed by atoms with Crippen molar-refractivity contribution in [2.45, 2.75) is 18.9 Å². The van der Waals surface area contributed by atoms with Crippen LogP contribution in [0.5, 0.6) is 5.75 Å². The zero-order valence-electron chi connectivity index (χ0n) is 11.3. The number of halogens is 1. The molecule has 2 fully saturated rings. The zero-order valence-corrected chi connectivity index (χ0v) is 12.9. The summed E-state index contributed by atoms with van der Waals surface area (Å²) in [4.78, 5) is 12.7. The Bertz CT molecular complexity index is 523. The van der Waals surface area contributed by atoms with E-state index in [-0.39, 0.29) is 11.8 Å². The average Bonchev–Trinajstić information content (AvgIpc) is 2.88. The Kier molecular flexibility index (Phi) is 3.69. The fourth-order valence-corrected chi connectivity index (χ4v) is 3.91. The summed E-state index contributed by atoms with van der Waals surface area (Å²) in [6.45, 7) is 2.32. The molecule has 1 saturated heterocycles. The number of nitrogens with zero attached hydrogens (tertiary/aromatic N) is 2. The molecule has 0 aromatic heterocycles. The molecular weight excluding hydrogens is 324 g/mol. The second kappa shape index (κ2) is 5.33. The van der Waals surface area contributed by atoms with E-state index in [9.17, 15) is 10.1 Å². The molecule has 5 nitrogen and oxygen atoms in total. The van der Waals surface area contributed by atoms with Crippen molar-refractivity contribution in [1.82, 2.24) is 4.90 Å². The van der Waals surface area contributed by atoms with Gasteiger partial charge in [-0.05, 0) is 53.7 Å². The van der Waals surface area contributed by atoms with Crippen molar-refractivity contribution in [2.75, 3.05) is 20.1 Å². The Labute approximate surface area is 126 Å². The van der Waals surface area contributed by atoms with Gasteiger partial charge in [-0.25, -0.2) is 0 Å². The topological polar surface area (TPSA) is 55.6 Å². The Morgan fingerprint density at radius 3 is 2.55 bits per heavy atom. The number of nitro benzene ring substituents is 1. The number of rotatable bonds is 3. The van der Waals surface area contributed by atoms with Crippen molar-refractivity contribution in [1.29, 1.82) is 0 Å². The highest BCUT2D eigenvalue weighted by molar-refractivity contribution is 9.10. The summed E-state index contributed by atoms with van der Waals surface area (Å²) in [5.41, 5.74) is 0.0779. The third-order valence-electron chi connectivity index (χ3n) is 4.31. The second-order valence-electron chi connectivity index (χ2n) is 5.82. The van der Waals surface area contributed by atoms with Gasteiger partial charge in [0.15, 0.2) is 0 Å². The number of benzene rings is 1. The Morgan fingerprint density at radius 2 is 2.00 bits per heavy atom. The van der Waals surface area contributed by atoms with E-state index in [1.54, 1.807) is 6.07 Å². The summed E-state index contributed by atoms with van der Waals surface area (Å²) in [7, 11) is 2.17. The molecule has 1 aromatic carbocycles. The van der Waals surface area contributed by atoms with Gasteiger partial charge in [0.25, 0.3) is 5.69 Å². The van der Waals surface area contributed by atoms with Crippen molar-refractivity contribution in [3.63, 3.8) is 0 Å². The molecule has 108 valence electrons. The van der Waals surface area contributed by atoms with E-state index >= 15 is 0 Å². The average molecular weight is 341 g/mol. The fraction of sp³-hybridized carbons (Fsp3) is 0.571. The molecule has 1 aromatic rings. The molecule has 0 radical (unpaired) electrons. The molecule has 0 spiro atoms. The van der Waals surface area contributed by atoms with Crippen LogP contribution in [0.2, 0.25) is 0 Å². The standard InChI is InChI=1S/C14H17BrN2O3/c1-16-7-9-4-12(5-10(9)8-16)20-14-3-2-11(17(18)19)6-13(14)15/h2-3,6,9-10,12H,4-5,7-8H2,1H3. The van der Waals surface area contributed by atoms with Gasteiger partial charge in [-0.3, -0.25) is 10.1 Å². The molecular formula is C14H17BrN2O3. The van der Waals surface area contributed by atoms with E-state index in [0.717, 1.165) is 37.8 Å². The number of likely N-dealkylation sites (tertiary alicyclic amines) is 1. The van der Waals surface area contributed by atoms with Gasteiger partial charge >= 0.3 is 0 Å². The zero-order chi connectivity index (χ0) is 14.3. The molecule has 1 aliphatic carbocycles. The maximum Gasteiger partial charge on any atom is 0.270 e. The number of hydrogen-bond donors (Lipinski definition) is 0. The van der Waals surface area contributed by atoms with Gasteiger partial charge in [-0.1, -0.05) is 0 Å². The lowest BCUT2D eigenvalue weighted by Crippen LogP contribution is -2.20. The number of hydrogen-bond acceptors (Lipinski definition) is 4. The molecule has 2 aliphatic rings. The third kappa shape index (κ3) is 2.67. The number of nitro groups is 1. The molecule has 1 heterocycles. The Hall–Kier alpha value is -1.14. The van der Waals surface area contributed by atoms with Crippen LogP contribution in [-0.4, -0.2) is 36.1 Å². The van der Waals surface area contributed by atoms with Gasteiger partial charge in [-0.2, -0.15) is 0 Å². The van der Waals surface area contributed by atoms with Crippen LogP contribution in [0.3, 0.4) is 0 Å². The highest BCUT2D eigenvalue weighted by Gasteiger charge is 2.40. The summed E-state index contributed by atoms with van der Waals surface area (Å²) >= 11 is 3.36. The lowest BCUT2D eigenvalue weighted by Gasteiger charge is -2.17. The van der Waals surface area contributed by atoms with Crippen molar-refractivity contribution in [3.8, 4) is 5.75 Å². The summed E-state index contributed by atoms with van der Waals surface area (Å²) in [5.74, 6) is 2.18. The smallest absolute Gasteiger partial charge is 0.270 e. The number of fused-ring (bicyclic) bond motifs is 1. The molecule has 0 amide bonds. The highest BCUT2D eigenvalue weighted by Crippen LogP contribution is 2.40. The van der Waals surface area contributed by atoms with Crippen LogP contribution < -0.4 is 4.74 Å². The van der Waals surface area contributed by atoms with Crippen molar-refractivity contribution >= 4 is 21.6 Å². The maximum absolute atomic E-state index is 10.7. The van der Waals surface area contributed by atoms with Gasteiger partial charge < -0.3 is 9.64 Å². The minimum absolute atomic E-state index is 0.0779. The first-order valence-corrected chi connectivity index (χ1v) is 7.61. The van der Waals surface area contributed by atoms with Crippen LogP contribution in [0.4, 0.5) is 5.69 Å². The van der Waals surface area contributed by atoms with Gasteiger partial charge in [0.2, 0.25) is 0 Å². The normalized spacial score (nSPS) is 29.4. The molecule has 3 rings (SSSR count). The predicted octanol–water partition coefficient (Wildman–Crippen LogP) is 3.08. The number of non-ortho nitro benzene ring substituents is 1. The van der Waals surface area contributed by atoms with Crippen LogP contribution >= 0.6 is 15.9 Å². The highest BCUT2D eigenvalue weighted by atomic mass is 79.9. The first kappa shape index (κ1) is 13.8. The minimum Gasteiger partial charge on any atom is -0.489 e. The van der Waals surface area contributed by atoms with E-state index in [4.69, 9.17) is 4.74 Å². The molecule has 20 heavy (non-hydrogen) atoms. The summed E-state index contributed by atoms with van der Waals surface area (Å²) in [6, 6.07) is 4.67. The van der Waals surface area contributed by atoms with Gasteiger partial charge in [0, 0.05) is 25.2 Å². The largest absolute Gasteiger partial charge is 0.489 e. The molecule has 2 unspecified atom stereocenters. The van der Waals surface area contributed by atoms with Crippen LogP contribution in [-0.2, 0) is 0 Å². The van der Waals surface area contributed by atoms with E-state index in [2.05, 4.69) is 27.9 Å². The van der Waals surface area contributed by atoms with Crippen molar-refractivity contribution < 1.29 is 9.66 Å². The number of ether oxygens (including phenoxy) is 1. The summed E-state index contributed by atoms with van der Waals surface area (Å²) in [5, 5.41) is 10.7. The predicted molar refractivity (Wildman–Crippen MR) is 78.9 cm³/mol. The Balaban J connectivity index is 1.66. The summed E-state index contributed by atoms with van der Waals surface area (Å²) < 4.78 is 6.68. The molecule has 2 atom stereocenters. The third-order valence-corrected chi connectivity index (χ3v) is 4.93. The Morgan fingerprint density at radius 1 is 1.35 bits per heavy atom. The monoisotopic (exact) mass is 340 g/mol. The van der Waals surface area contributed by atoms with Crippen molar-refractivity contribution in [3.05, 3.63) is 32.8 Å². The van der Waals surface area contributed by atoms with Crippen LogP contribution in [0.25, 0.3) is 0 Å². The first-order valence-electron chi connectivity index (χ1n) is 6.82. The lowest BCUT2D eigenvalue weighted by molar-refractivity contribution is -0.385. The fourth-order valence-electron chi connectivity index (χ4n) is 3.45. The van der Waals surface area contributed by atoms with E-state index in [1.165, 1.54) is 12.1 Å². The molecule has 6 heteroatoms. The maximum atomic E-state index is 10.7. The van der Waals surface area contributed by atoms with Crippen molar-refractivity contribution in [2.24, 2.45) is 11.8 Å². The summed E-state index contributed by atoms with van der Waals surface area (Å²) in [6.07, 6.45) is 2.40. The minimum atomic E-state index is -0.398. The van der Waals surface area contributed by atoms with Crippen LogP contribution in [0.1, 0.15) is 12.8 Å². The molecule has 1 saturated carbocycles. The molecule has 1 aliphatic heterocycles. The quantitative estimate of drug-likeness (QED) is 0.626. The van der Waals surface area contributed by atoms with Gasteiger partial charge in [0.05, 0.1) is 15.5 Å². The first-order chi connectivity index (χ1) is 9.52. The molecule has 0 N–H and O–H groups in total.